The summed E-state index contributed by atoms with van der Waals surface area (Å²) in [5, 5.41) is 1.98. The van der Waals surface area contributed by atoms with Gasteiger partial charge in [0.15, 0.2) is 0 Å². The number of ether oxygens (including phenoxy) is 1. The number of hydrogen-bond acceptors (Lipinski definition) is 3. The summed E-state index contributed by atoms with van der Waals surface area (Å²) < 4.78 is 5.63. The topological polar surface area (TPSA) is 39.2 Å². The van der Waals surface area contributed by atoms with Crippen LogP contribution in [0.15, 0.2) is 34.9 Å². The van der Waals surface area contributed by atoms with Crippen molar-refractivity contribution in [2.75, 3.05) is 0 Å². The number of hydrogen-bond donors (Lipinski definition) is 0. The van der Waals surface area contributed by atoms with Gasteiger partial charge in [-0.25, -0.2) is 4.98 Å². The zero-order chi connectivity index (χ0) is 9.97. The predicted molar refractivity (Wildman–Crippen MR) is 56.1 cm³/mol. The molecule has 0 saturated carbocycles. The van der Waals surface area contributed by atoms with Gasteiger partial charge in [-0.2, -0.15) is 0 Å². The molecule has 0 unspecified atom stereocenters. The van der Waals surface area contributed by atoms with Crippen molar-refractivity contribution >= 4 is 33.2 Å². The van der Waals surface area contributed by atoms with Crippen LogP contribution in [0.1, 0.15) is 0 Å². The average molecular weight is 252 g/mol. The molecule has 0 fully saturated rings. The first kappa shape index (κ1) is 9.15. The number of pyridine rings is 1. The second-order valence-electron chi connectivity index (χ2n) is 2.73. The van der Waals surface area contributed by atoms with Gasteiger partial charge in [0.25, 0.3) is 6.47 Å². The Bertz CT molecular complexity index is 485. The van der Waals surface area contributed by atoms with Crippen LogP contribution in [0, 0.1) is 0 Å². The van der Waals surface area contributed by atoms with Crippen molar-refractivity contribution in [3.05, 3.63) is 34.9 Å². The summed E-state index contributed by atoms with van der Waals surface area (Å²) in [4.78, 5) is 14.1. The number of fused-ring (bicyclic) bond motifs is 1. The first-order chi connectivity index (χ1) is 6.79. The van der Waals surface area contributed by atoms with E-state index in [-0.39, 0.29) is 0 Å². The van der Waals surface area contributed by atoms with E-state index in [4.69, 9.17) is 0 Å². The Labute approximate surface area is 88.8 Å². The molecule has 0 aliphatic rings. The molecule has 0 aliphatic heterocycles. The van der Waals surface area contributed by atoms with Crippen LogP contribution in [0.5, 0.6) is 5.88 Å². The van der Waals surface area contributed by atoms with Crippen molar-refractivity contribution in [2.24, 2.45) is 0 Å². The van der Waals surface area contributed by atoms with E-state index in [1.807, 2.05) is 18.2 Å². The van der Waals surface area contributed by atoms with Gasteiger partial charge in [-0.1, -0.05) is 22.0 Å². The zero-order valence-corrected chi connectivity index (χ0v) is 8.69. The number of aromatic nitrogens is 1. The number of rotatable bonds is 2. The molecule has 3 nitrogen and oxygen atoms in total. The van der Waals surface area contributed by atoms with Gasteiger partial charge in [-0.15, -0.1) is 0 Å². The van der Waals surface area contributed by atoms with Crippen molar-refractivity contribution in [1.82, 2.24) is 4.98 Å². The molecule has 0 radical (unpaired) electrons. The van der Waals surface area contributed by atoms with Crippen LogP contribution in [0.2, 0.25) is 0 Å². The van der Waals surface area contributed by atoms with E-state index in [0.29, 0.717) is 12.4 Å². The molecule has 70 valence electrons. The number of nitrogens with zero attached hydrogens (tertiary/aromatic N) is 1. The summed E-state index contributed by atoms with van der Waals surface area (Å²) in [7, 11) is 0. The van der Waals surface area contributed by atoms with Gasteiger partial charge in [0.2, 0.25) is 5.88 Å². The van der Waals surface area contributed by atoms with Crippen LogP contribution < -0.4 is 4.74 Å². The van der Waals surface area contributed by atoms with Gasteiger partial charge in [0.1, 0.15) is 0 Å². The third kappa shape index (κ3) is 1.75. The molecule has 1 aromatic heterocycles. The minimum absolute atomic E-state index is 0.311. The molecular formula is C10H6BrNO2. The molecule has 0 saturated heterocycles. The fourth-order valence-electron chi connectivity index (χ4n) is 1.21. The molecule has 4 heteroatoms. The van der Waals surface area contributed by atoms with Gasteiger partial charge in [-0.05, 0) is 17.5 Å². The number of carbonyl (C=O) groups excluding carboxylic acids is 1. The summed E-state index contributed by atoms with van der Waals surface area (Å²) in [6.45, 7) is 0.367. The lowest BCUT2D eigenvalue weighted by Crippen LogP contribution is -1.91. The molecule has 0 amide bonds. The lowest BCUT2D eigenvalue weighted by Gasteiger charge is -2.00. The fourth-order valence-corrected chi connectivity index (χ4v) is 1.58. The first-order valence-electron chi connectivity index (χ1n) is 3.95. The van der Waals surface area contributed by atoms with Gasteiger partial charge in [0, 0.05) is 22.1 Å². The number of halogens is 1. The highest BCUT2D eigenvalue weighted by atomic mass is 79.9. The lowest BCUT2D eigenvalue weighted by atomic mass is 10.2. The molecule has 0 bridgehead atoms. The maximum atomic E-state index is 10.1. The third-order valence-electron chi connectivity index (χ3n) is 1.83. The molecule has 1 aromatic carbocycles. The van der Waals surface area contributed by atoms with Crippen LogP contribution in [0.25, 0.3) is 10.8 Å². The second kappa shape index (κ2) is 3.75. The smallest absolute Gasteiger partial charge is 0.299 e. The maximum absolute atomic E-state index is 10.1. The Morgan fingerprint density at radius 1 is 1.29 bits per heavy atom. The summed E-state index contributed by atoms with van der Waals surface area (Å²) in [6, 6.07) is 7.53. The van der Waals surface area contributed by atoms with Crippen LogP contribution >= 0.6 is 15.9 Å². The Kier molecular flexibility index (Phi) is 2.45. The van der Waals surface area contributed by atoms with Crippen molar-refractivity contribution in [3.8, 4) is 5.88 Å². The maximum Gasteiger partial charge on any atom is 0.299 e. The van der Waals surface area contributed by atoms with E-state index in [2.05, 4.69) is 25.7 Å². The highest BCUT2D eigenvalue weighted by Gasteiger charge is 1.98. The van der Waals surface area contributed by atoms with Gasteiger partial charge in [0.05, 0.1) is 0 Å². The molecule has 2 aromatic rings. The molecule has 1 heterocycles. The summed E-state index contributed by atoms with van der Waals surface area (Å²) in [6.07, 6.45) is 1.67. The van der Waals surface area contributed by atoms with Gasteiger partial charge >= 0.3 is 0 Å². The molecule has 0 aliphatic carbocycles. The van der Waals surface area contributed by atoms with E-state index in [0.717, 1.165) is 15.2 Å². The first-order valence-corrected chi connectivity index (χ1v) is 4.74. The standard InChI is InChI=1S/C10H6BrNO2/c11-9-2-1-7-5-12-10(14-6-13)4-8(7)3-9/h1-6H. The monoisotopic (exact) mass is 251 g/mol. The second-order valence-corrected chi connectivity index (χ2v) is 3.64. The Morgan fingerprint density at radius 3 is 2.93 bits per heavy atom. The normalized spacial score (nSPS) is 10.1. The van der Waals surface area contributed by atoms with Crippen LogP contribution in [-0.2, 0) is 4.79 Å². The molecule has 2 rings (SSSR count). The highest BCUT2D eigenvalue weighted by Crippen LogP contribution is 2.21. The predicted octanol–water partition coefficient (Wildman–Crippen LogP) is 2.53. The molecule has 14 heavy (non-hydrogen) atoms. The van der Waals surface area contributed by atoms with Crippen LogP contribution in [-0.4, -0.2) is 11.5 Å². The third-order valence-corrected chi connectivity index (χ3v) is 2.32. The molecule has 0 atom stereocenters. The van der Waals surface area contributed by atoms with E-state index in [1.165, 1.54) is 0 Å². The van der Waals surface area contributed by atoms with Crippen LogP contribution in [0.4, 0.5) is 0 Å². The van der Waals surface area contributed by atoms with Gasteiger partial charge < -0.3 is 4.74 Å². The highest BCUT2D eigenvalue weighted by molar-refractivity contribution is 9.10. The molecule has 0 N–H and O–H groups in total. The SMILES string of the molecule is O=COc1cc2cc(Br)ccc2cn1. The largest absolute Gasteiger partial charge is 0.410 e. The number of benzene rings is 1. The van der Waals surface area contributed by atoms with Crippen molar-refractivity contribution in [3.63, 3.8) is 0 Å². The fraction of sp³-hybridized carbons (Fsp3) is 0. The zero-order valence-electron chi connectivity index (χ0n) is 7.11. The quantitative estimate of drug-likeness (QED) is 0.771. The average Bonchev–Trinajstić information content (AvgIpc) is 2.17. The Hall–Kier alpha value is -1.42. The van der Waals surface area contributed by atoms with E-state index < -0.39 is 0 Å². The lowest BCUT2D eigenvalue weighted by molar-refractivity contribution is -0.120. The summed E-state index contributed by atoms with van der Waals surface area (Å²) in [5.74, 6) is 0.311. The number of carbonyl (C=O) groups is 1. The van der Waals surface area contributed by atoms with E-state index in [1.54, 1.807) is 12.3 Å². The van der Waals surface area contributed by atoms with E-state index >= 15 is 0 Å². The van der Waals surface area contributed by atoms with Crippen molar-refractivity contribution in [1.29, 1.82) is 0 Å². The Morgan fingerprint density at radius 2 is 2.14 bits per heavy atom. The minimum Gasteiger partial charge on any atom is -0.410 e. The summed E-state index contributed by atoms with van der Waals surface area (Å²) >= 11 is 3.37. The summed E-state index contributed by atoms with van der Waals surface area (Å²) in [5.41, 5.74) is 0. The van der Waals surface area contributed by atoms with Gasteiger partial charge in [-0.3, -0.25) is 4.79 Å². The Balaban J connectivity index is 2.57. The molecule has 0 spiro atoms. The van der Waals surface area contributed by atoms with Crippen molar-refractivity contribution in [2.45, 2.75) is 0 Å². The minimum atomic E-state index is 0.311. The van der Waals surface area contributed by atoms with Crippen LogP contribution in [0.3, 0.4) is 0 Å². The van der Waals surface area contributed by atoms with Crippen molar-refractivity contribution < 1.29 is 9.53 Å². The van der Waals surface area contributed by atoms with E-state index in [9.17, 15) is 4.79 Å². The molecular weight excluding hydrogens is 246 g/mol.